The molecule has 3 N–H and O–H groups in total. The molecule has 1 atom stereocenters. The van der Waals surface area contributed by atoms with Crippen LogP contribution < -0.4 is 5.56 Å². The van der Waals surface area contributed by atoms with Gasteiger partial charge in [-0.05, 0) is 30.4 Å². The minimum absolute atomic E-state index is 0.0973. The van der Waals surface area contributed by atoms with Crippen molar-refractivity contribution in [1.82, 2.24) is 19.9 Å². The number of thioether (sulfide) groups is 1. The van der Waals surface area contributed by atoms with E-state index in [0.29, 0.717) is 5.52 Å². The summed E-state index contributed by atoms with van der Waals surface area (Å²) in [7, 11) is 1.00. The van der Waals surface area contributed by atoms with E-state index in [0.717, 1.165) is 43.7 Å². The number of fused-ring (bicyclic) bond motifs is 1. The third-order valence-electron chi connectivity index (χ3n) is 3.87. The number of likely N-dealkylation sites (tertiary alicyclic amines) is 1. The van der Waals surface area contributed by atoms with Crippen LogP contribution >= 0.6 is 11.8 Å². The maximum atomic E-state index is 11.7. The zero-order valence-corrected chi connectivity index (χ0v) is 13.9. The largest absolute Gasteiger partial charge is 0.400 e. The average molecular weight is 324 g/mol. The van der Waals surface area contributed by atoms with Crippen molar-refractivity contribution in [2.75, 3.05) is 31.7 Å². The predicted octanol–water partition coefficient (Wildman–Crippen LogP) is 1.43. The molecule has 0 aromatic carbocycles. The quantitative estimate of drug-likeness (QED) is 0.775. The molecule has 0 unspecified atom stereocenters. The van der Waals surface area contributed by atoms with Gasteiger partial charge in [0.15, 0.2) is 0 Å². The molecule has 2 aromatic rings. The van der Waals surface area contributed by atoms with Crippen LogP contribution in [-0.2, 0) is 6.54 Å². The monoisotopic (exact) mass is 324 g/mol. The molecule has 1 aliphatic heterocycles. The first-order valence-electron chi connectivity index (χ1n) is 7.56. The molecule has 7 heteroatoms. The van der Waals surface area contributed by atoms with Gasteiger partial charge < -0.3 is 15.1 Å². The molecule has 2 aromatic heterocycles. The molecule has 1 fully saturated rings. The lowest BCUT2D eigenvalue weighted by Crippen LogP contribution is -2.20. The lowest BCUT2D eigenvalue weighted by Gasteiger charge is -2.15. The molecule has 3 rings (SSSR count). The maximum Gasteiger partial charge on any atom is 0.275 e. The van der Waals surface area contributed by atoms with Gasteiger partial charge in [0.1, 0.15) is 5.52 Å². The summed E-state index contributed by atoms with van der Waals surface area (Å²) in [6.07, 6.45) is 4.68. The van der Waals surface area contributed by atoms with Gasteiger partial charge in [0, 0.05) is 32.0 Å². The van der Waals surface area contributed by atoms with Gasteiger partial charge in [-0.25, -0.2) is 4.98 Å². The van der Waals surface area contributed by atoms with Crippen LogP contribution in [0, 0.1) is 5.92 Å². The fraction of sp³-hybridized carbons (Fsp3) is 0.600. The van der Waals surface area contributed by atoms with E-state index in [4.69, 9.17) is 5.11 Å². The first-order valence-corrected chi connectivity index (χ1v) is 8.72. The van der Waals surface area contributed by atoms with E-state index >= 15 is 0 Å². The Bertz CT molecular complexity index is 640. The molecular formula is C15H24N4O2S. The predicted molar refractivity (Wildman–Crippen MR) is 91.2 cm³/mol. The highest BCUT2D eigenvalue weighted by molar-refractivity contribution is 7.99. The van der Waals surface area contributed by atoms with E-state index in [1.807, 2.05) is 18.0 Å². The van der Waals surface area contributed by atoms with Gasteiger partial charge >= 0.3 is 0 Å². The van der Waals surface area contributed by atoms with Gasteiger partial charge in [-0.1, -0.05) is 6.92 Å². The average Bonchev–Trinajstić information content (AvgIpc) is 3.16. The first kappa shape index (κ1) is 17.1. The molecule has 3 heterocycles. The molecule has 22 heavy (non-hydrogen) atoms. The van der Waals surface area contributed by atoms with Crippen molar-refractivity contribution in [3.05, 3.63) is 28.4 Å². The molecule has 0 radical (unpaired) electrons. The second-order valence-corrected chi connectivity index (χ2v) is 6.64. The number of rotatable bonds is 5. The Labute approximate surface area is 134 Å². The fourth-order valence-corrected chi connectivity index (χ4v) is 3.68. The van der Waals surface area contributed by atoms with Crippen molar-refractivity contribution in [3.63, 3.8) is 0 Å². The summed E-state index contributed by atoms with van der Waals surface area (Å²) < 4.78 is 0. The summed E-state index contributed by atoms with van der Waals surface area (Å²) >= 11 is 2.03. The summed E-state index contributed by atoms with van der Waals surface area (Å²) in [4.78, 5) is 24.1. The van der Waals surface area contributed by atoms with Crippen LogP contribution in [0.25, 0.3) is 11.0 Å². The van der Waals surface area contributed by atoms with Gasteiger partial charge in [-0.2, -0.15) is 11.8 Å². The summed E-state index contributed by atoms with van der Waals surface area (Å²) in [5, 5.41) is 7.00. The maximum absolute atomic E-state index is 11.7. The number of aliphatic hydroxyl groups excluding tert-OH is 1. The van der Waals surface area contributed by atoms with E-state index in [-0.39, 0.29) is 5.56 Å². The SMILES string of the molecule is CCSC[C@@H]1CCN(Cc2c[nH]c3c(=O)[nH]cnc23)C1.CO. The van der Waals surface area contributed by atoms with Crippen LogP contribution in [0.1, 0.15) is 18.9 Å². The van der Waals surface area contributed by atoms with Gasteiger partial charge in [0.05, 0.1) is 11.8 Å². The van der Waals surface area contributed by atoms with Gasteiger partial charge in [0.25, 0.3) is 5.56 Å². The highest BCUT2D eigenvalue weighted by Crippen LogP contribution is 2.23. The molecule has 0 amide bonds. The normalized spacial score (nSPS) is 18.4. The van der Waals surface area contributed by atoms with Crippen molar-refractivity contribution < 1.29 is 5.11 Å². The molecule has 0 saturated carbocycles. The van der Waals surface area contributed by atoms with E-state index < -0.39 is 0 Å². The van der Waals surface area contributed by atoms with E-state index in [1.54, 1.807) is 0 Å². The van der Waals surface area contributed by atoms with Crippen molar-refractivity contribution in [2.24, 2.45) is 5.92 Å². The van der Waals surface area contributed by atoms with Crippen molar-refractivity contribution in [2.45, 2.75) is 19.9 Å². The second kappa shape index (κ2) is 8.36. The molecule has 6 nitrogen and oxygen atoms in total. The van der Waals surface area contributed by atoms with E-state index in [9.17, 15) is 4.79 Å². The Morgan fingerprint density at radius 2 is 2.27 bits per heavy atom. The highest BCUT2D eigenvalue weighted by atomic mass is 32.2. The third kappa shape index (κ3) is 3.91. The number of aromatic amines is 2. The van der Waals surface area contributed by atoms with Crippen LogP contribution in [0.2, 0.25) is 0 Å². The summed E-state index contributed by atoms with van der Waals surface area (Å²) in [5.41, 5.74) is 2.41. The van der Waals surface area contributed by atoms with Crippen molar-refractivity contribution in [3.8, 4) is 0 Å². The zero-order valence-electron chi connectivity index (χ0n) is 13.1. The standard InChI is InChI=1S/C14H20N4OS.CH4O/c1-2-20-8-10-3-4-18(6-10)7-11-5-15-13-12(11)16-9-17-14(13)19;1-2/h5,9-10,15H,2-4,6-8H2,1H3,(H,16,17,19);2H,1H3/t10-;/m1./s1. The Kier molecular flexibility index (Phi) is 6.48. The minimum Gasteiger partial charge on any atom is -0.400 e. The van der Waals surface area contributed by atoms with Crippen LogP contribution in [0.15, 0.2) is 17.3 Å². The topological polar surface area (TPSA) is 85.0 Å². The number of nitrogens with one attached hydrogen (secondary N) is 2. The lowest BCUT2D eigenvalue weighted by atomic mass is 10.2. The third-order valence-corrected chi connectivity index (χ3v) is 4.99. The highest BCUT2D eigenvalue weighted by Gasteiger charge is 2.23. The number of aliphatic hydroxyl groups is 1. The molecule has 122 valence electrons. The van der Waals surface area contributed by atoms with E-state index in [2.05, 4.69) is 26.8 Å². The number of aromatic nitrogens is 3. The Morgan fingerprint density at radius 3 is 3.05 bits per heavy atom. The number of nitrogens with zero attached hydrogens (tertiary/aromatic N) is 2. The lowest BCUT2D eigenvalue weighted by molar-refractivity contribution is 0.322. The Morgan fingerprint density at radius 1 is 1.45 bits per heavy atom. The number of hydrogen-bond donors (Lipinski definition) is 3. The second-order valence-electron chi connectivity index (χ2n) is 5.32. The van der Waals surface area contributed by atoms with Crippen molar-refractivity contribution >= 4 is 22.8 Å². The first-order chi connectivity index (χ1) is 10.8. The van der Waals surface area contributed by atoms with Crippen LogP contribution in [0.5, 0.6) is 0 Å². The smallest absolute Gasteiger partial charge is 0.275 e. The fourth-order valence-electron chi connectivity index (χ4n) is 2.84. The van der Waals surface area contributed by atoms with Crippen molar-refractivity contribution in [1.29, 1.82) is 0 Å². The molecule has 0 aliphatic carbocycles. The summed E-state index contributed by atoms with van der Waals surface area (Å²) in [6.45, 7) is 5.39. The summed E-state index contributed by atoms with van der Waals surface area (Å²) in [6, 6.07) is 0. The van der Waals surface area contributed by atoms with Gasteiger partial charge in [-0.3, -0.25) is 9.69 Å². The summed E-state index contributed by atoms with van der Waals surface area (Å²) in [5.74, 6) is 3.27. The van der Waals surface area contributed by atoms with Gasteiger partial charge in [0.2, 0.25) is 0 Å². The molecular weight excluding hydrogens is 300 g/mol. The van der Waals surface area contributed by atoms with Crippen LogP contribution in [-0.4, -0.2) is 56.7 Å². The van der Waals surface area contributed by atoms with Gasteiger partial charge in [-0.15, -0.1) is 0 Å². The van der Waals surface area contributed by atoms with Crippen LogP contribution in [0.3, 0.4) is 0 Å². The zero-order chi connectivity index (χ0) is 15.9. The molecule has 0 bridgehead atoms. The molecule has 1 aliphatic rings. The van der Waals surface area contributed by atoms with E-state index in [1.165, 1.54) is 24.3 Å². The number of H-pyrrole nitrogens is 2. The number of hydrogen-bond acceptors (Lipinski definition) is 5. The minimum atomic E-state index is -0.0973. The van der Waals surface area contributed by atoms with Crippen LogP contribution in [0.4, 0.5) is 0 Å². The Balaban J connectivity index is 0.000000847. The molecule has 0 spiro atoms. The molecule has 1 saturated heterocycles. The Hall–Kier alpha value is -1.31.